The lowest BCUT2D eigenvalue weighted by atomic mass is 9.92. The minimum atomic E-state index is -0.598. The number of nitrogens with one attached hydrogen (secondary N) is 1. The summed E-state index contributed by atoms with van der Waals surface area (Å²) in [6.45, 7) is 3.26. The topological polar surface area (TPSA) is 84.2 Å². The largest absolute Gasteiger partial charge is 0.380 e. The molecule has 2 aromatic rings. The molecule has 148 valence electrons. The van der Waals surface area contributed by atoms with E-state index in [1.165, 1.54) is 5.56 Å². The van der Waals surface area contributed by atoms with E-state index in [0.29, 0.717) is 19.0 Å². The van der Waals surface area contributed by atoms with Crippen molar-refractivity contribution in [2.45, 2.75) is 44.2 Å². The number of piperidine rings is 1. The summed E-state index contributed by atoms with van der Waals surface area (Å²) in [5, 5.41) is 7.67. The predicted octanol–water partition coefficient (Wildman–Crippen LogP) is 2.49. The van der Waals surface area contributed by atoms with E-state index in [4.69, 9.17) is 10.5 Å². The second kappa shape index (κ2) is 9.88. The Labute approximate surface area is 166 Å². The quantitative estimate of drug-likeness (QED) is 0.791. The number of carbonyl (C=O) groups excluding carboxylic acids is 1. The molecule has 1 fully saturated rings. The highest BCUT2D eigenvalue weighted by Crippen LogP contribution is 2.27. The Kier molecular flexibility index (Phi) is 7.83. The van der Waals surface area contributed by atoms with Gasteiger partial charge in [-0.25, -0.2) is 0 Å². The van der Waals surface area contributed by atoms with E-state index < -0.39 is 6.04 Å². The van der Waals surface area contributed by atoms with Crippen LogP contribution in [0.4, 0.5) is 0 Å². The SMILES string of the molecule is CO[C@H](C)[C@H](N)C(=O)N1CCC(c2cc(Cc3ccccc3)[nH]n2)CC1.Cl. The van der Waals surface area contributed by atoms with Gasteiger partial charge in [-0.05, 0) is 31.4 Å². The number of hydrogen-bond acceptors (Lipinski definition) is 4. The van der Waals surface area contributed by atoms with Crippen LogP contribution in [0.3, 0.4) is 0 Å². The third-order valence-corrected chi connectivity index (χ3v) is 5.28. The predicted molar refractivity (Wildman–Crippen MR) is 108 cm³/mol. The van der Waals surface area contributed by atoms with Gasteiger partial charge in [0.1, 0.15) is 6.04 Å². The molecule has 3 rings (SSSR count). The number of nitrogens with zero attached hydrogens (tertiary/aromatic N) is 2. The number of rotatable bonds is 6. The van der Waals surface area contributed by atoms with Gasteiger partial charge in [-0.15, -0.1) is 12.4 Å². The molecule has 27 heavy (non-hydrogen) atoms. The van der Waals surface area contributed by atoms with Crippen LogP contribution in [0, 0.1) is 0 Å². The summed E-state index contributed by atoms with van der Waals surface area (Å²) in [5.41, 5.74) is 9.48. The molecule has 0 saturated carbocycles. The van der Waals surface area contributed by atoms with Crippen LogP contribution in [0.25, 0.3) is 0 Å². The number of carbonyl (C=O) groups is 1. The second-order valence-corrected chi connectivity index (χ2v) is 7.05. The molecule has 2 atom stereocenters. The Bertz CT molecular complexity index is 714. The van der Waals surface area contributed by atoms with Crippen LogP contribution in [0.2, 0.25) is 0 Å². The summed E-state index contributed by atoms with van der Waals surface area (Å²) in [4.78, 5) is 14.3. The number of likely N-dealkylation sites (tertiary alicyclic amines) is 1. The fourth-order valence-corrected chi connectivity index (χ4v) is 3.45. The highest BCUT2D eigenvalue weighted by atomic mass is 35.5. The molecule has 0 unspecified atom stereocenters. The normalized spacial score (nSPS) is 17.2. The van der Waals surface area contributed by atoms with Crippen molar-refractivity contribution >= 4 is 18.3 Å². The van der Waals surface area contributed by atoms with Crippen LogP contribution in [0.15, 0.2) is 36.4 Å². The number of aromatic nitrogens is 2. The number of benzene rings is 1. The molecule has 2 heterocycles. The van der Waals surface area contributed by atoms with Crippen molar-refractivity contribution in [3.63, 3.8) is 0 Å². The van der Waals surface area contributed by atoms with Crippen LogP contribution < -0.4 is 5.73 Å². The molecule has 1 aliphatic rings. The van der Waals surface area contributed by atoms with Gasteiger partial charge in [-0.2, -0.15) is 5.10 Å². The highest BCUT2D eigenvalue weighted by Gasteiger charge is 2.30. The van der Waals surface area contributed by atoms with Gasteiger partial charge in [0.05, 0.1) is 11.8 Å². The van der Waals surface area contributed by atoms with Crippen LogP contribution in [0.5, 0.6) is 0 Å². The summed E-state index contributed by atoms with van der Waals surface area (Å²) >= 11 is 0. The Hall–Kier alpha value is -1.89. The monoisotopic (exact) mass is 392 g/mol. The summed E-state index contributed by atoms with van der Waals surface area (Å²) in [7, 11) is 1.58. The third-order valence-electron chi connectivity index (χ3n) is 5.28. The van der Waals surface area contributed by atoms with Crippen molar-refractivity contribution in [2.75, 3.05) is 20.2 Å². The van der Waals surface area contributed by atoms with E-state index in [1.54, 1.807) is 7.11 Å². The lowest BCUT2D eigenvalue weighted by Crippen LogP contribution is -2.51. The maximum Gasteiger partial charge on any atom is 0.242 e. The van der Waals surface area contributed by atoms with Crippen molar-refractivity contribution < 1.29 is 9.53 Å². The first-order valence-corrected chi connectivity index (χ1v) is 9.23. The lowest BCUT2D eigenvalue weighted by molar-refractivity contribution is -0.136. The van der Waals surface area contributed by atoms with Gasteiger partial charge in [0.25, 0.3) is 0 Å². The Morgan fingerprint density at radius 2 is 2.00 bits per heavy atom. The number of ether oxygens (including phenoxy) is 1. The number of hydrogen-bond donors (Lipinski definition) is 2. The second-order valence-electron chi connectivity index (χ2n) is 7.05. The fraction of sp³-hybridized carbons (Fsp3) is 0.500. The fourth-order valence-electron chi connectivity index (χ4n) is 3.45. The van der Waals surface area contributed by atoms with Crippen LogP contribution in [0.1, 0.15) is 42.6 Å². The van der Waals surface area contributed by atoms with Crippen molar-refractivity contribution in [1.82, 2.24) is 15.1 Å². The molecule has 0 bridgehead atoms. The van der Waals surface area contributed by atoms with Gasteiger partial charge in [-0.1, -0.05) is 30.3 Å². The van der Waals surface area contributed by atoms with Crippen molar-refractivity contribution in [3.8, 4) is 0 Å². The molecule has 6 nitrogen and oxygen atoms in total. The number of amides is 1. The molecule has 1 aromatic heterocycles. The van der Waals surface area contributed by atoms with E-state index in [0.717, 1.165) is 30.7 Å². The maximum atomic E-state index is 12.4. The number of halogens is 1. The van der Waals surface area contributed by atoms with Gasteiger partial charge < -0.3 is 15.4 Å². The summed E-state index contributed by atoms with van der Waals surface area (Å²) in [5.74, 6) is 0.362. The first kappa shape index (κ1) is 21.4. The van der Waals surface area contributed by atoms with Gasteiger partial charge in [0.15, 0.2) is 0 Å². The Balaban J connectivity index is 0.00000261. The Morgan fingerprint density at radius 3 is 2.63 bits per heavy atom. The molecule has 0 spiro atoms. The lowest BCUT2D eigenvalue weighted by Gasteiger charge is -2.33. The summed E-state index contributed by atoms with van der Waals surface area (Å²) < 4.78 is 5.18. The Morgan fingerprint density at radius 1 is 1.33 bits per heavy atom. The van der Waals surface area contributed by atoms with E-state index in [1.807, 2.05) is 17.9 Å². The molecule has 1 aliphatic heterocycles. The smallest absolute Gasteiger partial charge is 0.242 e. The van der Waals surface area contributed by atoms with E-state index in [2.05, 4.69) is 40.5 Å². The zero-order valence-corrected chi connectivity index (χ0v) is 16.7. The van der Waals surface area contributed by atoms with Crippen LogP contribution >= 0.6 is 12.4 Å². The average Bonchev–Trinajstić information content (AvgIpc) is 3.15. The molecule has 7 heteroatoms. The molecule has 1 aromatic carbocycles. The van der Waals surface area contributed by atoms with E-state index in [-0.39, 0.29) is 24.4 Å². The average molecular weight is 393 g/mol. The summed E-state index contributed by atoms with van der Waals surface area (Å²) in [6.07, 6.45) is 2.41. The maximum absolute atomic E-state index is 12.4. The molecular formula is C20H29ClN4O2. The third kappa shape index (κ3) is 5.31. The number of nitrogens with two attached hydrogens (primary N) is 1. The highest BCUT2D eigenvalue weighted by molar-refractivity contribution is 5.85. The molecule has 0 aliphatic carbocycles. The van der Waals surface area contributed by atoms with E-state index in [9.17, 15) is 4.79 Å². The molecular weight excluding hydrogens is 364 g/mol. The van der Waals surface area contributed by atoms with Crippen LogP contribution in [-0.4, -0.2) is 53.3 Å². The first-order valence-electron chi connectivity index (χ1n) is 9.23. The zero-order valence-electron chi connectivity index (χ0n) is 15.9. The number of methoxy groups -OCH3 is 1. The molecule has 3 N–H and O–H groups in total. The minimum Gasteiger partial charge on any atom is -0.380 e. The van der Waals surface area contributed by atoms with Gasteiger partial charge in [0, 0.05) is 38.2 Å². The summed E-state index contributed by atoms with van der Waals surface area (Å²) in [6, 6.07) is 11.9. The van der Waals surface area contributed by atoms with Crippen molar-refractivity contribution in [2.24, 2.45) is 5.73 Å². The molecule has 1 amide bonds. The standard InChI is InChI=1S/C20H28N4O2.ClH/c1-14(26-2)19(21)20(25)24-10-8-16(9-11-24)18-13-17(22-23-18)12-15-6-4-3-5-7-15;/h3-7,13-14,16,19H,8-12,21H2,1-2H3,(H,22,23);1H/t14-,19+;/m1./s1. The zero-order chi connectivity index (χ0) is 18.5. The number of H-pyrrole nitrogens is 1. The van der Waals surface area contributed by atoms with Crippen LogP contribution in [-0.2, 0) is 16.0 Å². The van der Waals surface area contributed by atoms with Crippen molar-refractivity contribution in [1.29, 1.82) is 0 Å². The van der Waals surface area contributed by atoms with E-state index >= 15 is 0 Å². The number of aromatic amines is 1. The molecule has 0 radical (unpaired) electrons. The van der Waals surface area contributed by atoms with Gasteiger partial charge >= 0.3 is 0 Å². The first-order chi connectivity index (χ1) is 12.6. The van der Waals surface area contributed by atoms with Gasteiger partial charge in [-0.3, -0.25) is 9.89 Å². The van der Waals surface area contributed by atoms with Crippen molar-refractivity contribution in [3.05, 3.63) is 53.3 Å². The minimum absolute atomic E-state index is 0. The van der Waals surface area contributed by atoms with Gasteiger partial charge in [0.2, 0.25) is 5.91 Å². The molecule has 1 saturated heterocycles.